The van der Waals surface area contributed by atoms with Crippen LogP contribution in [0.3, 0.4) is 0 Å². The molecule has 4 aromatic rings. The van der Waals surface area contributed by atoms with Crippen LogP contribution in [-0.2, 0) is 20.0 Å². The second-order valence-electron chi connectivity index (χ2n) is 7.49. The molecule has 0 atom stereocenters. The molecule has 0 aliphatic rings. The molecule has 2 aromatic carbocycles. The minimum absolute atomic E-state index is 0.236. The van der Waals surface area contributed by atoms with Crippen LogP contribution in [0.25, 0.3) is 22.5 Å². The number of hydrogen-bond donors (Lipinski definition) is 1. The van der Waals surface area contributed by atoms with Gasteiger partial charge in [-0.25, -0.2) is 4.79 Å². The summed E-state index contributed by atoms with van der Waals surface area (Å²) in [5, 5.41) is 14.4. The van der Waals surface area contributed by atoms with Gasteiger partial charge in [-0.15, -0.1) is 10.2 Å². The Balaban J connectivity index is 1.89. The first kappa shape index (κ1) is 20.5. The molecule has 158 valence electrons. The Kier molecular flexibility index (Phi) is 5.62. The number of benzene rings is 2. The fourth-order valence-corrected chi connectivity index (χ4v) is 3.96. The highest BCUT2D eigenvalue weighted by molar-refractivity contribution is 5.82. The van der Waals surface area contributed by atoms with E-state index in [-0.39, 0.29) is 11.2 Å². The zero-order valence-corrected chi connectivity index (χ0v) is 17.8. The van der Waals surface area contributed by atoms with Crippen molar-refractivity contribution in [3.8, 4) is 22.5 Å². The van der Waals surface area contributed by atoms with Crippen molar-refractivity contribution in [3.63, 3.8) is 0 Å². The van der Waals surface area contributed by atoms with Gasteiger partial charge in [-0.2, -0.15) is 5.21 Å². The van der Waals surface area contributed by atoms with Crippen molar-refractivity contribution in [2.45, 2.75) is 33.2 Å². The minimum atomic E-state index is -0.305. The number of H-pyrrole nitrogens is 1. The average molecular weight is 416 g/mol. The summed E-state index contributed by atoms with van der Waals surface area (Å²) in [6.45, 7) is 4.20. The first-order valence-electron chi connectivity index (χ1n) is 10.2. The molecular formula is C23H24N6O2. The lowest BCUT2D eigenvalue weighted by Crippen LogP contribution is -2.41. The fraction of sp³-hybridized carbons (Fsp3) is 0.261. The summed E-state index contributed by atoms with van der Waals surface area (Å²) in [5.74, 6) is 0.507. The largest absolute Gasteiger partial charge is 0.331 e. The van der Waals surface area contributed by atoms with E-state index in [0.717, 1.165) is 34.4 Å². The Morgan fingerprint density at radius 1 is 0.968 bits per heavy atom. The van der Waals surface area contributed by atoms with Gasteiger partial charge in [0.15, 0.2) is 0 Å². The summed E-state index contributed by atoms with van der Waals surface area (Å²) in [4.78, 5) is 25.5. The highest BCUT2D eigenvalue weighted by Crippen LogP contribution is 2.32. The molecule has 0 bridgehead atoms. The predicted molar refractivity (Wildman–Crippen MR) is 119 cm³/mol. The molecular weight excluding hydrogens is 392 g/mol. The average Bonchev–Trinajstić information content (AvgIpc) is 3.34. The molecule has 8 nitrogen and oxygen atoms in total. The second-order valence-corrected chi connectivity index (χ2v) is 7.49. The number of rotatable bonds is 6. The van der Waals surface area contributed by atoms with Gasteiger partial charge in [-0.1, -0.05) is 61.9 Å². The fourth-order valence-electron chi connectivity index (χ4n) is 3.96. The topological polar surface area (TPSA) is 98.5 Å². The quantitative estimate of drug-likeness (QED) is 0.521. The molecule has 0 fully saturated rings. The number of aromatic nitrogens is 6. The van der Waals surface area contributed by atoms with Crippen LogP contribution in [0.1, 0.15) is 30.2 Å². The molecule has 4 rings (SSSR count). The van der Waals surface area contributed by atoms with E-state index in [1.165, 1.54) is 11.6 Å². The molecule has 0 amide bonds. The van der Waals surface area contributed by atoms with Crippen LogP contribution in [0.15, 0.2) is 58.1 Å². The molecule has 0 spiro atoms. The third kappa shape index (κ3) is 3.72. The van der Waals surface area contributed by atoms with Crippen molar-refractivity contribution >= 4 is 0 Å². The van der Waals surface area contributed by atoms with Gasteiger partial charge in [-0.05, 0) is 35.2 Å². The lowest BCUT2D eigenvalue weighted by Gasteiger charge is -2.18. The monoisotopic (exact) mass is 416 g/mol. The third-order valence-electron chi connectivity index (χ3n) is 5.54. The van der Waals surface area contributed by atoms with E-state index in [4.69, 9.17) is 0 Å². The molecule has 2 heterocycles. The SMILES string of the molecule is CCCc1c(C)c(=O)n(C)c(=O)n1Cc1ccccc1-c1ccccc1-c1nn[nH]n1. The van der Waals surface area contributed by atoms with Crippen molar-refractivity contribution in [3.05, 3.63) is 86.2 Å². The minimum Gasteiger partial charge on any atom is -0.293 e. The summed E-state index contributed by atoms with van der Waals surface area (Å²) < 4.78 is 2.90. The van der Waals surface area contributed by atoms with Gasteiger partial charge in [0.1, 0.15) is 0 Å². The van der Waals surface area contributed by atoms with Crippen LogP contribution in [0.2, 0.25) is 0 Å². The Morgan fingerprint density at radius 2 is 1.65 bits per heavy atom. The molecule has 0 aliphatic heterocycles. The van der Waals surface area contributed by atoms with Crippen LogP contribution in [-0.4, -0.2) is 29.8 Å². The molecule has 0 saturated heterocycles. The van der Waals surface area contributed by atoms with Gasteiger partial charge >= 0.3 is 5.69 Å². The van der Waals surface area contributed by atoms with Gasteiger partial charge in [0, 0.05) is 23.9 Å². The van der Waals surface area contributed by atoms with Crippen molar-refractivity contribution in [1.29, 1.82) is 0 Å². The standard InChI is InChI=1S/C23H24N6O2/c1-4-9-20-15(2)22(30)28(3)23(31)29(20)14-16-10-5-6-11-17(16)18-12-7-8-13-19(18)21-24-26-27-25-21/h5-8,10-13H,4,9,14H2,1-3H3,(H,24,25,26,27). The summed E-state index contributed by atoms with van der Waals surface area (Å²) in [6, 6.07) is 15.8. The smallest absolute Gasteiger partial charge is 0.293 e. The lowest BCUT2D eigenvalue weighted by molar-refractivity contribution is 0.598. The van der Waals surface area contributed by atoms with Gasteiger partial charge in [0.05, 0.1) is 6.54 Å². The maximum atomic E-state index is 13.0. The Labute approximate surface area is 179 Å². The predicted octanol–water partition coefficient (Wildman–Crippen LogP) is 2.70. The van der Waals surface area contributed by atoms with Crippen molar-refractivity contribution in [2.75, 3.05) is 0 Å². The van der Waals surface area contributed by atoms with E-state index in [2.05, 4.69) is 20.6 Å². The lowest BCUT2D eigenvalue weighted by atomic mass is 9.95. The van der Waals surface area contributed by atoms with Crippen molar-refractivity contribution in [1.82, 2.24) is 29.8 Å². The van der Waals surface area contributed by atoms with E-state index in [9.17, 15) is 9.59 Å². The number of nitrogens with zero attached hydrogens (tertiary/aromatic N) is 5. The van der Waals surface area contributed by atoms with Crippen molar-refractivity contribution in [2.24, 2.45) is 7.05 Å². The van der Waals surface area contributed by atoms with E-state index < -0.39 is 0 Å². The number of aromatic amines is 1. The van der Waals surface area contributed by atoms with Crippen LogP contribution in [0, 0.1) is 6.92 Å². The summed E-state index contributed by atoms with van der Waals surface area (Å²) in [6.07, 6.45) is 1.51. The molecule has 31 heavy (non-hydrogen) atoms. The maximum Gasteiger partial charge on any atom is 0.331 e. The Bertz CT molecular complexity index is 1340. The van der Waals surface area contributed by atoms with Gasteiger partial charge in [0.25, 0.3) is 5.56 Å². The normalized spacial score (nSPS) is 11.1. The van der Waals surface area contributed by atoms with E-state index in [1.807, 2.05) is 55.5 Å². The van der Waals surface area contributed by atoms with E-state index in [1.54, 1.807) is 11.5 Å². The Morgan fingerprint density at radius 3 is 2.32 bits per heavy atom. The zero-order valence-electron chi connectivity index (χ0n) is 17.8. The van der Waals surface area contributed by atoms with E-state index >= 15 is 0 Å². The molecule has 0 saturated carbocycles. The highest BCUT2D eigenvalue weighted by atomic mass is 16.2. The first-order chi connectivity index (χ1) is 15.0. The molecule has 2 aromatic heterocycles. The van der Waals surface area contributed by atoms with Gasteiger partial charge in [0.2, 0.25) is 5.82 Å². The van der Waals surface area contributed by atoms with E-state index in [0.29, 0.717) is 24.4 Å². The second kappa shape index (κ2) is 8.51. The third-order valence-corrected chi connectivity index (χ3v) is 5.54. The maximum absolute atomic E-state index is 13.0. The number of tetrazole rings is 1. The van der Waals surface area contributed by atoms with Gasteiger partial charge < -0.3 is 0 Å². The molecule has 0 unspecified atom stereocenters. The molecule has 0 radical (unpaired) electrons. The van der Waals surface area contributed by atoms with Crippen molar-refractivity contribution < 1.29 is 0 Å². The Hall–Kier alpha value is -3.81. The summed E-state index contributed by atoms with van der Waals surface area (Å²) in [7, 11) is 1.53. The molecule has 1 N–H and O–H groups in total. The number of nitrogens with one attached hydrogen (secondary N) is 1. The first-order valence-corrected chi connectivity index (χ1v) is 10.2. The summed E-state index contributed by atoms with van der Waals surface area (Å²) in [5.41, 5.74) is 4.61. The van der Waals surface area contributed by atoms with Crippen LogP contribution in [0.5, 0.6) is 0 Å². The molecule has 8 heteroatoms. The van der Waals surface area contributed by atoms with Crippen LogP contribution >= 0.6 is 0 Å². The number of hydrogen-bond acceptors (Lipinski definition) is 5. The molecule has 0 aliphatic carbocycles. The van der Waals surface area contributed by atoms with Crippen LogP contribution in [0.4, 0.5) is 0 Å². The van der Waals surface area contributed by atoms with Crippen LogP contribution < -0.4 is 11.2 Å². The summed E-state index contributed by atoms with van der Waals surface area (Å²) >= 11 is 0. The zero-order chi connectivity index (χ0) is 22.0. The van der Waals surface area contributed by atoms with Gasteiger partial charge in [-0.3, -0.25) is 13.9 Å². The highest BCUT2D eigenvalue weighted by Gasteiger charge is 2.17.